The number of alkyl carbamates (subject to hydrolysis) is 1. The minimum Gasteiger partial charge on any atom is -0.480 e. The molecule has 0 fully saturated rings. The lowest BCUT2D eigenvalue weighted by Gasteiger charge is -2.16. The molecule has 4 N–H and O–H groups in total. The number of aliphatic hydroxyl groups is 1. The van der Waals surface area contributed by atoms with Gasteiger partial charge in [0.1, 0.15) is 18.9 Å². The highest BCUT2D eigenvalue weighted by molar-refractivity contribution is 5.80. The van der Waals surface area contributed by atoms with Crippen LogP contribution in [0.2, 0.25) is 0 Å². The molecule has 0 saturated heterocycles. The van der Waals surface area contributed by atoms with Crippen molar-refractivity contribution in [1.82, 2.24) is 10.6 Å². The zero-order chi connectivity index (χ0) is 15.0. The van der Waals surface area contributed by atoms with Crippen LogP contribution in [0.1, 0.15) is 12.5 Å². The Kier molecular flexibility index (Phi) is 6.48. The van der Waals surface area contributed by atoms with E-state index < -0.39 is 24.3 Å². The van der Waals surface area contributed by atoms with Crippen molar-refractivity contribution in [1.29, 1.82) is 0 Å². The lowest BCUT2D eigenvalue weighted by atomic mass is 10.2. The fourth-order valence-electron chi connectivity index (χ4n) is 1.40. The zero-order valence-electron chi connectivity index (χ0n) is 11.1. The summed E-state index contributed by atoms with van der Waals surface area (Å²) in [5.74, 6) is -1.21. The van der Waals surface area contributed by atoms with Gasteiger partial charge >= 0.3 is 12.1 Å². The Morgan fingerprint density at radius 3 is 2.50 bits per heavy atom. The van der Waals surface area contributed by atoms with Crippen LogP contribution in [0.3, 0.4) is 0 Å². The van der Waals surface area contributed by atoms with E-state index in [1.165, 1.54) is 6.92 Å². The van der Waals surface area contributed by atoms with Crippen LogP contribution < -0.4 is 10.6 Å². The Labute approximate surface area is 116 Å². The number of rotatable bonds is 7. The van der Waals surface area contributed by atoms with Gasteiger partial charge in [0.2, 0.25) is 0 Å². The fourth-order valence-corrected chi connectivity index (χ4v) is 1.40. The number of carboxylic acid groups (broad SMARTS) is 1. The predicted octanol–water partition coefficient (Wildman–Crippen LogP) is 0.294. The lowest BCUT2D eigenvalue weighted by molar-refractivity contribution is -0.139. The number of carbonyl (C=O) groups is 2. The van der Waals surface area contributed by atoms with Gasteiger partial charge in [0.25, 0.3) is 0 Å². The lowest BCUT2D eigenvalue weighted by Crippen LogP contribution is -2.48. The number of hydrogen-bond acceptors (Lipinski definition) is 5. The maximum absolute atomic E-state index is 11.5. The summed E-state index contributed by atoms with van der Waals surface area (Å²) in [6.45, 7) is 1.41. The molecule has 1 rings (SSSR count). The van der Waals surface area contributed by atoms with Gasteiger partial charge in [0, 0.05) is 6.54 Å². The van der Waals surface area contributed by atoms with Crippen molar-refractivity contribution in [3.05, 3.63) is 35.9 Å². The zero-order valence-corrected chi connectivity index (χ0v) is 11.1. The molecule has 110 valence electrons. The fraction of sp³-hybridized carbons (Fsp3) is 0.385. The SMILES string of the molecule is C[C@H](O)NC[C@@H](NC(=O)OCc1ccccc1)C(=O)O. The molecule has 0 saturated carbocycles. The number of nitrogens with one attached hydrogen (secondary N) is 2. The standard InChI is InChI=1S/C13H18N2O5/c1-9(16)14-7-11(12(17)18)15-13(19)20-8-10-5-3-2-4-6-10/h2-6,9,11,14,16H,7-8H2,1H3,(H,15,19)(H,17,18)/t9-,11+/m0/s1. The molecule has 0 unspecified atom stereocenters. The molecule has 0 aromatic heterocycles. The average Bonchev–Trinajstić information content (AvgIpc) is 2.41. The maximum Gasteiger partial charge on any atom is 0.408 e. The van der Waals surface area contributed by atoms with Gasteiger partial charge in [0.15, 0.2) is 0 Å². The van der Waals surface area contributed by atoms with Crippen LogP contribution in [0, 0.1) is 0 Å². The number of aliphatic hydroxyl groups excluding tert-OH is 1. The molecule has 20 heavy (non-hydrogen) atoms. The molecule has 0 aliphatic heterocycles. The normalized spacial score (nSPS) is 13.3. The van der Waals surface area contributed by atoms with Crippen molar-refractivity contribution in [2.45, 2.75) is 25.8 Å². The molecular weight excluding hydrogens is 264 g/mol. The van der Waals surface area contributed by atoms with Gasteiger partial charge < -0.3 is 20.3 Å². The van der Waals surface area contributed by atoms with Crippen LogP contribution in [0.25, 0.3) is 0 Å². The van der Waals surface area contributed by atoms with Crippen LogP contribution in [0.15, 0.2) is 30.3 Å². The molecule has 0 aliphatic carbocycles. The summed E-state index contributed by atoms with van der Waals surface area (Å²) in [7, 11) is 0. The number of amides is 1. The van der Waals surface area contributed by atoms with Gasteiger partial charge in [-0.1, -0.05) is 30.3 Å². The van der Waals surface area contributed by atoms with Gasteiger partial charge in [0.05, 0.1) is 0 Å². The first kappa shape index (κ1) is 15.9. The van der Waals surface area contributed by atoms with Crippen LogP contribution in [0.4, 0.5) is 4.79 Å². The molecule has 0 bridgehead atoms. The van der Waals surface area contributed by atoms with E-state index in [1.807, 2.05) is 18.2 Å². The predicted molar refractivity (Wildman–Crippen MR) is 70.9 cm³/mol. The highest BCUT2D eigenvalue weighted by Gasteiger charge is 2.20. The van der Waals surface area contributed by atoms with E-state index in [-0.39, 0.29) is 13.2 Å². The molecule has 0 spiro atoms. The van der Waals surface area contributed by atoms with Crippen molar-refractivity contribution >= 4 is 12.1 Å². The van der Waals surface area contributed by atoms with Crippen molar-refractivity contribution < 1.29 is 24.5 Å². The van der Waals surface area contributed by atoms with E-state index in [0.29, 0.717) is 0 Å². The van der Waals surface area contributed by atoms with Crippen LogP contribution in [-0.4, -0.2) is 41.1 Å². The molecule has 0 radical (unpaired) electrons. The van der Waals surface area contributed by atoms with Gasteiger partial charge in [-0.05, 0) is 12.5 Å². The summed E-state index contributed by atoms with van der Waals surface area (Å²) in [4.78, 5) is 22.4. The van der Waals surface area contributed by atoms with Gasteiger partial charge in [-0.15, -0.1) is 0 Å². The number of carbonyl (C=O) groups excluding carboxylic acids is 1. The summed E-state index contributed by atoms with van der Waals surface area (Å²) in [5.41, 5.74) is 0.802. The topological polar surface area (TPSA) is 108 Å². The van der Waals surface area contributed by atoms with Crippen molar-refractivity contribution in [2.75, 3.05) is 6.54 Å². The molecule has 1 aromatic rings. The number of hydrogen-bond donors (Lipinski definition) is 4. The minimum absolute atomic E-state index is 0.0584. The quantitative estimate of drug-likeness (QED) is 0.535. The summed E-state index contributed by atoms with van der Waals surface area (Å²) < 4.78 is 4.91. The molecule has 7 nitrogen and oxygen atoms in total. The smallest absolute Gasteiger partial charge is 0.408 e. The summed E-state index contributed by atoms with van der Waals surface area (Å²) in [5, 5.41) is 22.7. The molecule has 1 amide bonds. The minimum atomic E-state index is -1.21. The molecule has 0 heterocycles. The average molecular weight is 282 g/mol. The summed E-state index contributed by atoms with van der Waals surface area (Å²) in [6.07, 6.45) is -1.69. The monoisotopic (exact) mass is 282 g/mol. The van der Waals surface area contributed by atoms with Crippen LogP contribution in [0.5, 0.6) is 0 Å². The largest absolute Gasteiger partial charge is 0.480 e. The molecule has 7 heteroatoms. The Bertz CT molecular complexity index is 436. The van der Waals surface area contributed by atoms with Gasteiger partial charge in [-0.25, -0.2) is 9.59 Å². The van der Waals surface area contributed by atoms with Gasteiger partial charge in [-0.2, -0.15) is 0 Å². The first-order valence-electron chi connectivity index (χ1n) is 6.10. The third-order valence-corrected chi connectivity index (χ3v) is 2.42. The summed E-state index contributed by atoms with van der Waals surface area (Å²) >= 11 is 0. The summed E-state index contributed by atoms with van der Waals surface area (Å²) in [6, 6.07) is 7.86. The third-order valence-electron chi connectivity index (χ3n) is 2.42. The number of benzene rings is 1. The molecule has 2 atom stereocenters. The molecule has 1 aromatic carbocycles. The number of ether oxygens (including phenoxy) is 1. The molecular formula is C13H18N2O5. The molecule has 0 aliphatic rings. The highest BCUT2D eigenvalue weighted by Crippen LogP contribution is 2.00. The van der Waals surface area contributed by atoms with Gasteiger partial charge in [-0.3, -0.25) is 5.32 Å². The second-order valence-corrected chi connectivity index (χ2v) is 4.18. The van der Waals surface area contributed by atoms with E-state index in [0.717, 1.165) is 5.56 Å². The second-order valence-electron chi connectivity index (χ2n) is 4.18. The van der Waals surface area contributed by atoms with Crippen LogP contribution >= 0.6 is 0 Å². The second kappa shape index (κ2) is 8.13. The number of carboxylic acids is 1. The van der Waals surface area contributed by atoms with Crippen molar-refractivity contribution in [2.24, 2.45) is 0 Å². The van der Waals surface area contributed by atoms with E-state index in [2.05, 4.69) is 10.6 Å². The maximum atomic E-state index is 11.5. The van der Waals surface area contributed by atoms with Crippen molar-refractivity contribution in [3.63, 3.8) is 0 Å². The first-order chi connectivity index (χ1) is 9.49. The number of aliphatic carboxylic acids is 1. The first-order valence-corrected chi connectivity index (χ1v) is 6.10. The van der Waals surface area contributed by atoms with E-state index in [9.17, 15) is 9.59 Å². The Hall–Kier alpha value is -2.12. The Morgan fingerprint density at radius 2 is 1.95 bits per heavy atom. The van der Waals surface area contributed by atoms with E-state index in [4.69, 9.17) is 14.9 Å². The van der Waals surface area contributed by atoms with E-state index in [1.54, 1.807) is 12.1 Å². The highest BCUT2D eigenvalue weighted by atomic mass is 16.5. The third kappa shape index (κ3) is 6.17. The Balaban J connectivity index is 2.40. The van der Waals surface area contributed by atoms with Crippen molar-refractivity contribution in [3.8, 4) is 0 Å². The Morgan fingerprint density at radius 1 is 1.30 bits per heavy atom. The van der Waals surface area contributed by atoms with Crippen LogP contribution in [-0.2, 0) is 16.1 Å². The van der Waals surface area contributed by atoms with E-state index >= 15 is 0 Å².